The van der Waals surface area contributed by atoms with Gasteiger partial charge in [0.15, 0.2) is 0 Å². The molecule has 0 radical (unpaired) electrons. The normalized spacial score (nSPS) is 12.4. The quantitative estimate of drug-likeness (QED) is 0.494. The van der Waals surface area contributed by atoms with E-state index >= 15 is 0 Å². The third-order valence-corrected chi connectivity index (χ3v) is 3.77. The average Bonchev–Trinajstić information content (AvgIpc) is 2.55. The summed E-state index contributed by atoms with van der Waals surface area (Å²) in [6.07, 6.45) is 2.34. The molecule has 0 spiro atoms. The molecular weight excluding hydrogens is 333 g/mol. The molecule has 25 heavy (non-hydrogen) atoms. The molecule has 0 unspecified atom stereocenters. The Bertz CT molecular complexity index is 583. The molecule has 1 aromatic carbocycles. The molecule has 1 atom stereocenters. The van der Waals surface area contributed by atoms with Crippen LogP contribution in [0.25, 0.3) is 0 Å². The Labute approximate surface area is 145 Å². The summed E-state index contributed by atoms with van der Waals surface area (Å²) >= 11 is 0. The molecule has 1 aromatic rings. The Morgan fingerprint density at radius 2 is 1.72 bits per heavy atom. The Hall–Kier alpha value is -2.31. The number of alkyl halides is 3. The van der Waals surface area contributed by atoms with Gasteiger partial charge in [-0.1, -0.05) is 25.3 Å². The SMILES string of the molecule is C=CCCCCCC[C@H](NC(=O)c1ccc(C(F)(F)F)cc1)C(N)=O. The van der Waals surface area contributed by atoms with E-state index in [2.05, 4.69) is 11.9 Å². The lowest BCUT2D eigenvalue weighted by Crippen LogP contribution is -2.44. The maximum Gasteiger partial charge on any atom is 0.416 e. The second-order valence-corrected chi connectivity index (χ2v) is 5.78. The van der Waals surface area contributed by atoms with Crippen LogP contribution < -0.4 is 11.1 Å². The third-order valence-electron chi connectivity index (χ3n) is 3.77. The third kappa shape index (κ3) is 7.41. The standard InChI is InChI=1S/C18H23F3N2O2/c1-2-3-4-5-6-7-8-15(16(22)24)23-17(25)13-9-11-14(12-10-13)18(19,20)21/h2,9-12,15H,1,3-8H2,(H2,22,24)(H,23,25)/t15-/m0/s1. The fraction of sp³-hybridized carbons (Fsp3) is 0.444. The molecule has 0 aliphatic rings. The minimum Gasteiger partial charge on any atom is -0.368 e. The van der Waals surface area contributed by atoms with Gasteiger partial charge in [0.2, 0.25) is 5.91 Å². The average molecular weight is 356 g/mol. The minimum absolute atomic E-state index is 0.0465. The van der Waals surface area contributed by atoms with Crippen molar-refractivity contribution in [3.05, 3.63) is 48.0 Å². The Morgan fingerprint density at radius 1 is 1.12 bits per heavy atom. The maximum absolute atomic E-state index is 12.5. The van der Waals surface area contributed by atoms with Crippen LogP contribution in [-0.2, 0) is 11.0 Å². The summed E-state index contributed by atoms with van der Waals surface area (Å²) in [5.74, 6) is -1.28. The second-order valence-electron chi connectivity index (χ2n) is 5.78. The van der Waals surface area contributed by atoms with E-state index in [1.165, 1.54) is 0 Å². The first-order valence-corrected chi connectivity index (χ1v) is 8.14. The van der Waals surface area contributed by atoms with Crippen LogP contribution in [-0.4, -0.2) is 17.9 Å². The van der Waals surface area contributed by atoms with Gasteiger partial charge in [-0.25, -0.2) is 0 Å². The summed E-state index contributed by atoms with van der Waals surface area (Å²) in [5, 5.41) is 2.48. The smallest absolute Gasteiger partial charge is 0.368 e. The van der Waals surface area contributed by atoms with Gasteiger partial charge in [0, 0.05) is 5.56 Å². The minimum atomic E-state index is -4.46. The topological polar surface area (TPSA) is 72.2 Å². The van der Waals surface area contributed by atoms with Crippen molar-refractivity contribution in [2.45, 2.75) is 50.7 Å². The van der Waals surface area contributed by atoms with Gasteiger partial charge in [0.1, 0.15) is 6.04 Å². The van der Waals surface area contributed by atoms with Crippen LogP contribution in [0.1, 0.15) is 54.4 Å². The molecule has 4 nitrogen and oxygen atoms in total. The lowest BCUT2D eigenvalue weighted by molar-refractivity contribution is -0.137. The number of hydrogen-bond donors (Lipinski definition) is 2. The highest BCUT2D eigenvalue weighted by atomic mass is 19.4. The molecule has 0 aliphatic heterocycles. The fourth-order valence-electron chi connectivity index (χ4n) is 2.33. The number of rotatable bonds is 10. The van der Waals surface area contributed by atoms with Crippen molar-refractivity contribution in [1.82, 2.24) is 5.32 Å². The lowest BCUT2D eigenvalue weighted by atomic mass is 10.0. The number of hydrogen-bond acceptors (Lipinski definition) is 2. The first-order valence-electron chi connectivity index (χ1n) is 8.14. The van der Waals surface area contributed by atoms with E-state index in [9.17, 15) is 22.8 Å². The van der Waals surface area contributed by atoms with E-state index in [0.717, 1.165) is 56.4 Å². The molecule has 138 valence electrons. The number of carbonyl (C=O) groups is 2. The maximum atomic E-state index is 12.5. The Balaban J connectivity index is 2.55. The van der Waals surface area contributed by atoms with Crippen molar-refractivity contribution >= 4 is 11.8 Å². The van der Waals surface area contributed by atoms with Gasteiger partial charge in [-0.3, -0.25) is 9.59 Å². The Morgan fingerprint density at radius 3 is 2.24 bits per heavy atom. The molecule has 0 saturated heterocycles. The number of carbonyl (C=O) groups excluding carboxylic acids is 2. The first kappa shape index (κ1) is 20.7. The number of allylic oxidation sites excluding steroid dienone is 1. The monoisotopic (exact) mass is 356 g/mol. The van der Waals surface area contributed by atoms with E-state index < -0.39 is 29.6 Å². The number of halogens is 3. The van der Waals surface area contributed by atoms with Gasteiger partial charge >= 0.3 is 6.18 Å². The van der Waals surface area contributed by atoms with Crippen LogP contribution >= 0.6 is 0 Å². The highest BCUT2D eigenvalue weighted by Gasteiger charge is 2.30. The van der Waals surface area contributed by atoms with Crippen molar-refractivity contribution in [2.24, 2.45) is 5.73 Å². The largest absolute Gasteiger partial charge is 0.416 e. The molecule has 0 saturated carbocycles. The molecule has 3 N–H and O–H groups in total. The summed E-state index contributed by atoms with van der Waals surface area (Å²) in [6, 6.07) is 2.97. The fourth-order valence-corrected chi connectivity index (χ4v) is 2.33. The van der Waals surface area contributed by atoms with Gasteiger partial charge in [0.25, 0.3) is 5.91 Å². The summed E-state index contributed by atoms with van der Waals surface area (Å²) < 4.78 is 37.6. The molecule has 7 heteroatoms. The number of nitrogens with two attached hydrogens (primary N) is 1. The molecular formula is C18H23F3N2O2. The number of benzene rings is 1. The van der Waals surface area contributed by atoms with Gasteiger partial charge < -0.3 is 11.1 Å². The van der Waals surface area contributed by atoms with Gasteiger partial charge in [0.05, 0.1) is 5.56 Å². The van der Waals surface area contributed by atoms with E-state index in [1.54, 1.807) is 0 Å². The molecule has 0 aliphatic carbocycles. The molecule has 0 heterocycles. The molecule has 0 aromatic heterocycles. The van der Waals surface area contributed by atoms with E-state index in [0.29, 0.717) is 6.42 Å². The van der Waals surface area contributed by atoms with Crippen LogP contribution in [0.15, 0.2) is 36.9 Å². The molecule has 0 bridgehead atoms. The summed E-state index contributed by atoms with van der Waals surface area (Å²) in [4.78, 5) is 23.5. The highest BCUT2D eigenvalue weighted by Crippen LogP contribution is 2.29. The van der Waals surface area contributed by atoms with Crippen LogP contribution in [0.5, 0.6) is 0 Å². The van der Waals surface area contributed by atoms with E-state index in [1.807, 2.05) is 6.08 Å². The van der Waals surface area contributed by atoms with Gasteiger partial charge in [-0.15, -0.1) is 6.58 Å². The highest BCUT2D eigenvalue weighted by molar-refractivity contribution is 5.97. The predicted octanol–water partition coefficient (Wildman–Crippen LogP) is 3.82. The van der Waals surface area contributed by atoms with Crippen molar-refractivity contribution in [1.29, 1.82) is 0 Å². The zero-order chi connectivity index (χ0) is 18.9. The van der Waals surface area contributed by atoms with Crippen LogP contribution in [0.4, 0.5) is 13.2 Å². The zero-order valence-electron chi connectivity index (χ0n) is 13.9. The first-order chi connectivity index (χ1) is 11.8. The predicted molar refractivity (Wildman–Crippen MR) is 89.8 cm³/mol. The summed E-state index contributed by atoms with van der Waals surface area (Å²) in [5.41, 5.74) is 4.50. The van der Waals surface area contributed by atoms with Gasteiger partial charge in [-0.05, 0) is 43.5 Å². The van der Waals surface area contributed by atoms with Gasteiger partial charge in [-0.2, -0.15) is 13.2 Å². The van der Waals surface area contributed by atoms with E-state index in [4.69, 9.17) is 5.73 Å². The number of unbranched alkanes of at least 4 members (excludes halogenated alkanes) is 4. The summed E-state index contributed by atoms with van der Waals surface area (Å²) in [6.45, 7) is 3.64. The number of nitrogens with one attached hydrogen (secondary N) is 1. The van der Waals surface area contributed by atoms with Crippen LogP contribution in [0.3, 0.4) is 0 Å². The summed E-state index contributed by atoms with van der Waals surface area (Å²) in [7, 11) is 0. The van der Waals surface area contributed by atoms with Crippen molar-refractivity contribution in [2.75, 3.05) is 0 Å². The Kier molecular flexibility index (Phi) is 8.18. The van der Waals surface area contributed by atoms with E-state index in [-0.39, 0.29) is 5.56 Å². The molecule has 2 amide bonds. The second kappa shape index (κ2) is 9.86. The van der Waals surface area contributed by atoms with Crippen molar-refractivity contribution in [3.63, 3.8) is 0 Å². The lowest BCUT2D eigenvalue weighted by Gasteiger charge is -2.16. The van der Waals surface area contributed by atoms with Crippen molar-refractivity contribution < 1.29 is 22.8 Å². The molecule has 0 fully saturated rings. The van der Waals surface area contributed by atoms with Crippen molar-refractivity contribution in [3.8, 4) is 0 Å². The number of primary amides is 1. The van der Waals surface area contributed by atoms with Crippen LogP contribution in [0.2, 0.25) is 0 Å². The van der Waals surface area contributed by atoms with Crippen LogP contribution in [0, 0.1) is 0 Å². The zero-order valence-corrected chi connectivity index (χ0v) is 13.9. The molecule has 1 rings (SSSR count). The number of amides is 2.